The Morgan fingerprint density at radius 1 is 1.08 bits per heavy atom. The first-order chi connectivity index (χ1) is 18.1. The summed E-state index contributed by atoms with van der Waals surface area (Å²) in [6, 6.07) is 0.603. The molecule has 0 aromatic rings. The molecule has 0 aromatic carbocycles. The van der Waals surface area contributed by atoms with E-state index in [-0.39, 0.29) is 12.1 Å². The predicted octanol–water partition coefficient (Wildman–Crippen LogP) is 4.83. The Morgan fingerprint density at radius 2 is 1.79 bits per heavy atom. The summed E-state index contributed by atoms with van der Waals surface area (Å²) in [5, 5.41) is 15.6. The van der Waals surface area contributed by atoms with Crippen LogP contribution in [0.1, 0.15) is 97.8 Å². The van der Waals surface area contributed by atoms with Crippen LogP contribution in [0.4, 0.5) is 0 Å². The Kier molecular flexibility index (Phi) is 10.3. The number of nitrogens with one attached hydrogen (secondary N) is 1. The first kappa shape index (κ1) is 30.3. The third-order valence-electron chi connectivity index (χ3n) is 12.4. The summed E-state index contributed by atoms with van der Waals surface area (Å²) in [6.07, 6.45) is 13.5. The van der Waals surface area contributed by atoms with Gasteiger partial charge in [0.1, 0.15) is 0 Å². The van der Waals surface area contributed by atoms with Gasteiger partial charge in [-0.3, -0.25) is 4.79 Å². The van der Waals surface area contributed by atoms with Crippen molar-refractivity contribution in [1.82, 2.24) is 10.2 Å². The quantitative estimate of drug-likeness (QED) is 0.246. The van der Waals surface area contributed by atoms with Gasteiger partial charge in [0.05, 0.1) is 13.2 Å². The van der Waals surface area contributed by atoms with Crippen molar-refractivity contribution in [3.8, 4) is 0 Å². The molecule has 0 aromatic heterocycles. The standard InChI is InChI=1S/C32H59N3O3/c1-22(8-11-29(37)38-5)25-9-10-26-30-27(13-15-32(25,26)3)31(2)14-12-24(20-23(31)21-28(30)36)34-17-7-19-35(4)18-6-16-33/h22-28,30,34,36H,6-21,33H2,1-5H3/t22-,23?,24+,25-,26?,27?,28-,30?,31+,32-/m1/s1. The molecule has 4 rings (SSSR count). The smallest absolute Gasteiger partial charge is 0.305 e. The highest BCUT2D eigenvalue weighted by Crippen LogP contribution is 2.68. The van der Waals surface area contributed by atoms with E-state index in [9.17, 15) is 9.90 Å². The number of fused-ring (bicyclic) bond motifs is 5. The molecule has 0 saturated heterocycles. The van der Waals surface area contributed by atoms with Crippen molar-refractivity contribution in [3.63, 3.8) is 0 Å². The zero-order valence-corrected chi connectivity index (χ0v) is 25.2. The second-order valence-electron chi connectivity index (χ2n) is 14.3. The van der Waals surface area contributed by atoms with Gasteiger partial charge < -0.3 is 25.8 Å². The number of hydrogen-bond acceptors (Lipinski definition) is 6. The van der Waals surface area contributed by atoms with Gasteiger partial charge >= 0.3 is 5.97 Å². The fourth-order valence-corrected chi connectivity index (χ4v) is 10.2. The highest BCUT2D eigenvalue weighted by Gasteiger charge is 2.62. The van der Waals surface area contributed by atoms with Crippen LogP contribution < -0.4 is 11.1 Å². The lowest BCUT2D eigenvalue weighted by Crippen LogP contribution is -2.59. The lowest BCUT2D eigenvalue weighted by atomic mass is 9.43. The SMILES string of the molecule is COC(=O)CC[C@@H](C)[C@H]1CCC2C3C(CC[C@@]21C)[C@@]1(C)CC[C@H](NCCCN(C)CCCN)CC1C[C@H]3O. The Hall–Kier alpha value is -0.690. The van der Waals surface area contributed by atoms with Crippen LogP contribution in [-0.2, 0) is 9.53 Å². The van der Waals surface area contributed by atoms with E-state index < -0.39 is 0 Å². The average Bonchev–Trinajstić information content (AvgIpc) is 3.26. The van der Waals surface area contributed by atoms with Gasteiger partial charge in [0, 0.05) is 12.5 Å². The Labute approximate surface area is 233 Å². The molecule has 4 fully saturated rings. The van der Waals surface area contributed by atoms with Crippen molar-refractivity contribution in [2.45, 2.75) is 110 Å². The number of hydrogen-bond donors (Lipinski definition) is 3. The molecule has 0 bridgehead atoms. The minimum atomic E-state index is -0.151. The summed E-state index contributed by atoms with van der Waals surface area (Å²) in [4.78, 5) is 14.2. The van der Waals surface area contributed by atoms with Crippen LogP contribution in [0.5, 0.6) is 0 Å². The van der Waals surface area contributed by atoms with Crippen molar-refractivity contribution < 1.29 is 14.6 Å². The summed E-state index contributed by atoms with van der Waals surface area (Å²) >= 11 is 0. The first-order valence-corrected chi connectivity index (χ1v) is 16.0. The molecule has 0 spiro atoms. The third-order valence-corrected chi connectivity index (χ3v) is 12.4. The number of carbonyl (C=O) groups is 1. The number of nitrogens with zero attached hydrogens (tertiary/aromatic N) is 1. The molecule has 220 valence electrons. The van der Waals surface area contributed by atoms with Crippen LogP contribution in [0, 0.1) is 46.3 Å². The van der Waals surface area contributed by atoms with Crippen molar-refractivity contribution in [3.05, 3.63) is 0 Å². The van der Waals surface area contributed by atoms with Crippen LogP contribution in [-0.4, -0.2) is 68.5 Å². The van der Waals surface area contributed by atoms with E-state index in [0.29, 0.717) is 58.8 Å². The van der Waals surface area contributed by atoms with Gasteiger partial charge in [-0.15, -0.1) is 0 Å². The minimum Gasteiger partial charge on any atom is -0.469 e. The summed E-state index contributed by atoms with van der Waals surface area (Å²) < 4.78 is 4.92. The van der Waals surface area contributed by atoms with Gasteiger partial charge in [0.25, 0.3) is 0 Å². The van der Waals surface area contributed by atoms with Crippen LogP contribution in [0.25, 0.3) is 0 Å². The molecule has 4 aliphatic rings. The molecule has 6 nitrogen and oxygen atoms in total. The number of carbonyl (C=O) groups excluding carboxylic acids is 1. The molecule has 0 aliphatic heterocycles. The molecule has 4 unspecified atom stereocenters. The van der Waals surface area contributed by atoms with Crippen LogP contribution >= 0.6 is 0 Å². The van der Waals surface area contributed by atoms with Gasteiger partial charge in [-0.1, -0.05) is 20.8 Å². The lowest BCUT2D eigenvalue weighted by molar-refractivity contribution is -0.167. The Morgan fingerprint density at radius 3 is 2.53 bits per heavy atom. The van der Waals surface area contributed by atoms with Crippen LogP contribution in [0.3, 0.4) is 0 Å². The molecule has 10 atom stereocenters. The topological polar surface area (TPSA) is 87.8 Å². The predicted molar refractivity (Wildman–Crippen MR) is 155 cm³/mol. The second-order valence-corrected chi connectivity index (χ2v) is 14.3. The second kappa shape index (κ2) is 12.9. The Balaban J connectivity index is 1.33. The lowest BCUT2D eigenvalue weighted by Gasteiger charge is -2.62. The van der Waals surface area contributed by atoms with Crippen LogP contribution in [0.15, 0.2) is 0 Å². The molecule has 38 heavy (non-hydrogen) atoms. The van der Waals surface area contributed by atoms with E-state index in [2.05, 4.69) is 38.0 Å². The van der Waals surface area contributed by atoms with E-state index in [1.807, 2.05) is 0 Å². The molecule has 6 heteroatoms. The van der Waals surface area contributed by atoms with E-state index in [0.717, 1.165) is 45.4 Å². The summed E-state index contributed by atoms with van der Waals surface area (Å²) in [6.45, 7) is 11.6. The maximum absolute atomic E-state index is 11.8. The van der Waals surface area contributed by atoms with Crippen molar-refractivity contribution in [2.75, 3.05) is 40.3 Å². The molecular weight excluding hydrogens is 474 g/mol. The van der Waals surface area contributed by atoms with Crippen molar-refractivity contribution >= 4 is 5.97 Å². The number of ether oxygens (including phenoxy) is 1. The molecule has 0 heterocycles. The largest absolute Gasteiger partial charge is 0.469 e. The van der Waals surface area contributed by atoms with E-state index >= 15 is 0 Å². The molecule has 0 amide bonds. The number of nitrogens with two attached hydrogens (primary N) is 1. The third kappa shape index (κ3) is 6.14. The Bertz CT molecular complexity index is 779. The number of rotatable bonds is 12. The van der Waals surface area contributed by atoms with Crippen molar-refractivity contribution in [1.29, 1.82) is 0 Å². The molecule has 4 saturated carbocycles. The minimum absolute atomic E-state index is 0.0816. The normalized spacial score (nSPS) is 41.3. The number of aliphatic hydroxyl groups is 1. The van der Waals surface area contributed by atoms with Crippen LogP contribution in [0.2, 0.25) is 0 Å². The molecule has 0 radical (unpaired) electrons. The molecule has 4 N–H and O–H groups in total. The highest BCUT2D eigenvalue weighted by atomic mass is 16.5. The fourth-order valence-electron chi connectivity index (χ4n) is 10.2. The average molecular weight is 534 g/mol. The van der Waals surface area contributed by atoms with Gasteiger partial charge in [0.2, 0.25) is 0 Å². The van der Waals surface area contributed by atoms with E-state index in [4.69, 9.17) is 10.5 Å². The number of methoxy groups -OCH3 is 1. The first-order valence-electron chi connectivity index (χ1n) is 16.0. The number of esters is 1. The van der Waals surface area contributed by atoms with Crippen molar-refractivity contribution in [2.24, 2.45) is 52.1 Å². The zero-order valence-electron chi connectivity index (χ0n) is 25.2. The maximum atomic E-state index is 11.8. The van der Waals surface area contributed by atoms with Gasteiger partial charge in [-0.2, -0.15) is 0 Å². The van der Waals surface area contributed by atoms with Gasteiger partial charge in [-0.25, -0.2) is 0 Å². The van der Waals surface area contributed by atoms with Gasteiger partial charge in [0.15, 0.2) is 0 Å². The maximum Gasteiger partial charge on any atom is 0.305 e. The zero-order chi connectivity index (χ0) is 27.5. The number of aliphatic hydroxyl groups excluding tert-OH is 1. The summed E-state index contributed by atoms with van der Waals surface area (Å²) in [5.41, 5.74) is 6.33. The highest BCUT2D eigenvalue weighted by molar-refractivity contribution is 5.69. The summed E-state index contributed by atoms with van der Waals surface area (Å²) in [5.74, 6) is 3.50. The molecular formula is C32H59N3O3. The van der Waals surface area contributed by atoms with Gasteiger partial charge in [-0.05, 0) is 150 Å². The van der Waals surface area contributed by atoms with E-state index in [1.54, 1.807) is 0 Å². The monoisotopic (exact) mass is 533 g/mol. The summed E-state index contributed by atoms with van der Waals surface area (Å²) in [7, 11) is 3.69. The fraction of sp³-hybridized carbons (Fsp3) is 0.969. The molecule has 4 aliphatic carbocycles. The van der Waals surface area contributed by atoms with E-state index in [1.165, 1.54) is 58.5 Å².